The predicted octanol–water partition coefficient (Wildman–Crippen LogP) is 3.89. The van der Waals surface area contributed by atoms with E-state index >= 15 is 0 Å². The number of nitrogens with zero attached hydrogens (tertiary/aromatic N) is 2. The number of rotatable bonds is 5. The molecule has 10 heteroatoms. The highest BCUT2D eigenvalue weighted by Gasteiger charge is 2.44. The van der Waals surface area contributed by atoms with Gasteiger partial charge in [-0.2, -0.15) is 0 Å². The van der Waals surface area contributed by atoms with E-state index in [1.807, 2.05) is 6.07 Å². The van der Waals surface area contributed by atoms with E-state index in [0.717, 1.165) is 11.6 Å². The lowest BCUT2D eigenvalue weighted by Crippen LogP contribution is -2.64. The molecule has 2 saturated heterocycles. The molecule has 2 unspecified atom stereocenters. The van der Waals surface area contributed by atoms with Gasteiger partial charge in [0.25, 0.3) is 5.91 Å². The van der Waals surface area contributed by atoms with Crippen LogP contribution in [0.15, 0.2) is 30.3 Å². The largest absolute Gasteiger partial charge is 0.496 e. The Morgan fingerprint density at radius 1 is 1.29 bits per heavy atom. The number of carboxylic acid groups (broad SMARTS) is 1. The Morgan fingerprint density at radius 2 is 2.06 bits per heavy atom. The summed E-state index contributed by atoms with van der Waals surface area (Å²) in [6.07, 6.45) is 1.08. The summed E-state index contributed by atoms with van der Waals surface area (Å²) in [7, 11) is 1.49. The zero-order valence-electron chi connectivity index (χ0n) is 16.4. The average Bonchev–Trinajstić information content (AvgIpc) is 3.17. The third kappa shape index (κ3) is 3.38. The van der Waals surface area contributed by atoms with Crippen molar-refractivity contribution in [2.75, 3.05) is 30.5 Å². The van der Waals surface area contributed by atoms with Crippen LogP contribution < -0.4 is 15.0 Å². The number of carbonyl (C=O) groups is 2. The van der Waals surface area contributed by atoms with Crippen LogP contribution in [0.1, 0.15) is 27.1 Å². The summed E-state index contributed by atoms with van der Waals surface area (Å²) in [5.74, 6) is -1.28. The topological polar surface area (TPSA) is 101 Å². The Labute approximate surface area is 186 Å². The third-order valence-electron chi connectivity index (χ3n) is 5.59. The first kappa shape index (κ1) is 20.0. The zero-order valence-corrected chi connectivity index (χ0v) is 18.0. The van der Waals surface area contributed by atoms with E-state index < -0.39 is 11.9 Å². The van der Waals surface area contributed by atoms with Crippen LogP contribution in [0.4, 0.5) is 10.8 Å². The molecule has 2 atom stereocenters. The van der Waals surface area contributed by atoms with Gasteiger partial charge in [0, 0.05) is 5.02 Å². The molecule has 0 radical (unpaired) electrons. The van der Waals surface area contributed by atoms with Gasteiger partial charge in [-0.25, -0.2) is 9.78 Å². The van der Waals surface area contributed by atoms with Crippen molar-refractivity contribution in [2.45, 2.75) is 18.5 Å². The van der Waals surface area contributed by atoms with E-state index in [9.17, 15) is 14.7 Å². The van der Waals surface area contributed by atoms with Crippen molar-refractivity contribution >= 4 is 55.8 Å². The van der Waals surface area contributed by atoms with Crippen LogP contribution in [-0.2, 0) is 4.74 Å². The lowest BCUT2D eigenvalue weighted by Gasteiger charge is -2.52. The minimum atomic E-state index is -1.19. The van der Waals surface area contributed by atoms with Crippen LogP contribution in [0.25, 0.3) is 10.2 Å². The first-order chi connectivity index (χ1) is 15.0. The summed E-state index contributed by atoms with van der Waals surface area (Å²) in [6, 6.07) is 8.43. The average molecular weight is 460 g/mol. The molecule has 31 heavy (non-hydrogen) atoms. The van der Waals surface area contributed by atoms with E-state index in [1.165, 1.54) is 36.6 Å². The monoisotopic (exact) mass is 459 g/mol. The molecule has 2 N–H and O–H groups in total. The van der Waals surface area contributed by atoms with Gasteiger partial charge in [-0.3, -0.25) is 4.79 Å². The number of fused-ring (bicyclic) bond motifs is 3. The molecule has 3 aromatic rings. The number of aromatic nitrogens is 1. The normalized spacial score (nSPS) is 19.7. The fourth-order valence-electron chi connectivity index (χ4n) is 4.10. The number of anilines is 2. The van der Waals surface area contributed by atoms with Crippen LogP contribution in [0.3, 0.4) is 0 Å². The highest BCUT2D eigenvalue weighted by molar-refractivity contribution is 7.22. The number of nitrogens with one attached hydrogen (secondary N) is 1. The number of benzene rings is 2. The van der Waals surface area contributed by atoms with Gasteiger partial charge in [0.05, 0.1) is 53.9 Å². The molecule has 8 nitrogen and oxygen atoms in total. The van der Waals surface area contributed by atoms with Crippen molar-refractivity contribution in [1.29, 1.82) is 0 Å². The van der Waals surface area contributed by atoms with Gasteiger partial charge >= 0.3 is 5.97 Å². The van der Waals surface area contributed by atoms with Crippen LogP contribution in [-0.4, -0.2) is 54.4 Å². The summed E-state index contributed by atoms with van der Waals surface area (Å²) < 4.78 is 11.7. The van der Waals surface area contributed by atoms with Crippen LogP contribution in [0, 0.1) is 0 Å². The van der Waals surface area contributed by atoms with E-state index in [1.54, 1.807) is 6.07 Å². The molecule has 1 amide bonds. The minimum absolute atomic E-state index is 0.0922. The first-order valence-electron chi connectivity index (χ1n) is 9.64. The van der Waals surface area contributed by atoms with Crippen molar-refractivity contribution in [3.8, 4) is 5.75 Å². The number of morpholine rings is 1. The summed E-state index contributed by atoms with van der Waals surface area (Å²) in [5, 5.41) is 13.3. The lowest BCUT2D eigenvalue weighted by molar-refractivity contribution is 0.0103. The zero-order chi connectivity index (χ0) is 21.7. The Bertz CT molecular complexity index is 1200. The van der Waals surface area contributed by atoms with Crippen molar-refractivity contribution in [1.82, 2.24) is 4.98 Å². The number of hydrogen-bond acceptors (Lipinski definition) is 7. The van der Waals surface area contributed by atoms with Gasteiger partial charge in [0.2, 0.25) is 0 Å². The van der Waals surface area contributed by atoms with E-state index in [2.05, 4.69) is 10.2 Å². The van der Waals surface area contributed by atoms with Gasteiger partial charge in [0.1, 0.15) is 11.3 Å². The van der Waals surface area contributed by atoms with Gasteiger partial charge < -0.3 is 24.8 Å². The van der Waals surface area contributed by atoms with Gasteiger partial charge in [-0.15, -0.1) is 0 Å². The smallest absolute Gasteiger partial charge is 0.337 e. The maximum absolute atomic E-state index is 13.3. The second kappa shape index (κ2) is 7.67. The summed E-state index contributed by atoms with van der Waals surface area (Å²) in [6.45, 7) is 1.36. The number of hydrogen-bond donors (Lipinski definition) is 2. The Hall–Kier alpha value is -2.88. The molecule has 2 aromatic carbocycles. The molecular formula is C21H18ClN3O5S. The van der Waals surface area contributed by atoms with Crippen molar-refractivity contribution in [2.24, 2.45) is 0 Å². The first-order valence-corrected chi connectivity index (χ1v) is 10.8. The Balaban J connectivity index is 1.54. The highest BCUT2D eigenvalue weighted by Crippen LogP contribution is 2.42. The molecule has 2 aliphatic heterocycles. The molecule has 0 saturated carbocycles. The van der Waals surface area contributed by atoms with Crippen LogP contribution >= 0.6 is 22.9 Å². The number of thiazole rings is 1. The van der Waals surface area contributed by atoms with Crippen molar-refractivity contribution in [3.63, 3.8) is 0 Å². The number of carboxylic acids is 1. The molecule has 2 aliphatic rings. The molecule has 5 rings (SSSR count). The van der Waals surface area contributed by atoms with E-state index in [-0.39, 0.29) is 16.3 Å². The second-order valence-electron chi connectivity index (χ2n) is 7.42. The summed E-state index contributed by atoms with van der Waals surface area (Å²) in [4.78, 5) is 31.8. The standard InChI is InChI=1S/C21H18ClN3O5S/c1-29-16-5-4-15-18(31-21(24-15)25-11-7-12(25)9-30-8-11)17(16)19(26)23-14-3-2-10(22)6-13(14)20(27)28/h2-6,11-12H,7-9H2,1H3,(H,23,26)(H,27,28). The summed E-state index contributed by atoms with van der Waals surface area (Å²) in [5.41, 5.74) is 1.06. The quantitative estimate of drug-likeness (QED) is 0.597. The molecule has 1 aromatic heterocycles. The molecule has 2 bridgehead atoms. The Morgan fingerprint density at radius 3 is 2.74 bits per heavy atom. The number of aromatic carboxylic acids is 1. The lowest BCUT2D eigenvalue weighted by atomic mass is 9.92. The van der Waals surface area contributed by atoms with Gasteiger partial charge in [-0.05, 0) is 36.8 Å². The van der Waals surface area contributed by atoms with Gasteiger partial charge in [-0.1, -0.05) is 22.9 Å². The fourth-order valence-corrected chi connectivity index (χ4v) is 5.51. The third-order valence-corrected chi connectivity index (χ3v) is 6.92. The number of ether oxygens (including phenoxy) is 2. The maximum Gasteiger partial charge on any atom is 0.337 e. The van der Waals surface area contributed by atoms with Crippen molar-refractivity contribution in [3.05, 3.63) is 46.5 Å². The van der Waals surface area contributed by atoms with Crippen molar-refractivity contribution < 1.29 is 24.2 Å². The van der Waals surface area contributed by atoms with Crippen LogP contribution in [0.2, 0.25) is 5.02 Å². The number of halogens is 1. The molecular weight excluding hydrogens is 442 g/mol. The number of carbonyl (C=O) groups excluding carboxylic acids is 1. The minimum Gasteiger partial charge on any atom is -0.496 e. The highest BCUT2D eigenvalue weighted by atomic mass is 35.5. The fraction of sp³-hybridized carbons (Fsp3) is 0.286. The van der Waals surface area contributed by atoms with Crippen LogP contribution in [0.5, 0.6) is 5.75 Å². The summed E-state index contributed by atoms with van der Waals surface area (Å²) >= 11 is 7.34. The molecule has 2 fully saturated rings. The Kier molecular flexibility index (Phi) is 4.96. The molecule has 3 heterocycles. The van der Waals surface area contributed by atoms with Gasteiger partial charge in [0.15, 0.2) is 5.13 Å². The maximum atomic E-state index is 13.3. The predicted molar refractivity (Wildman–Crippen MR) is 118 cm³/mol. The van der Waals surface area contributed by atoms with E-state index in [0.29, 0.717) is 46.8 Å². The SMILES string of the molecule is COc1ccc2nc(N3C4COCC3C4)sc2c1C(=O)Nc1ccc(Cl)cc1C(=O)O. The number of methoxy groups -OCH3 is 1. The molecule has 160 valence electrons. The second-order valence-corrected chi connectivity index (χ2v) is 8.84. The number of amides is 1. The van der Waals surface area contributed by atoms with E-state index in [4.69, 9.17) is 26.1 Å². The molecule has 0 aliphatic carbocycles. The molecule has 0 spiro atoms.